The Bertz CT molecular complexity index is 567. The number of nitrogens with one attached hydrogen (secondary N) is 1. The molecule has 1 aromatic carbocycles. The van der Waals surface area contributed by atoms with Gasteiger partial charge in [0, 0.05) is 24.3 Å². The molecule has 1 N–H and O–H groups in total. The van der Waals surface area contributed by atoms with E-state index in [1.165, 1.54) is 29.5 Å². The zero-order valence-electron chi connectivity index (χ0n) is 11.7. The molecule has 1 aromatic heterocycles. The highest BCUT2D eigenvalue weighted by Gasteiger charge is 2.20. The van der Waals surface area contributed by atoms with E-state index >= 15 is 0 Å². The SMILES string of the molecule is Cc1cccc(Cn2cc(CNC3CC3)c(C)n2)c1. The van der Waals surface area contributed by atoms with Gasteiger partial charge >= 0.3 is 0 Å². The first-order valence-electron chi connectivity index (χ1n) is 7.02. The Morgan fingerprint density at radius 2 is 2.16 bits per heavy atom. The number of nitrogens with zero attached hydrogens (tertiary/aromatic N) is 2. The van der Waals surface area contributed by atoms with Crippen LogP contribution >= 0.6 is 0 Å². The molecule has 100 valence electrons. The Balaban J connectivity index is 1.68. The van der Waals surface area contributed by atoms with Crippen molar-refractivity contribution in [2.45, 2.75) is 45.8 Å². The van der Waals surface area contributed by atoms with Gasteiger partial charge in [-0.25, -0.2) is 0 Å². The van der Waals surface area contributed by atoms with Crippen molar-refractivity contribution in [2.75, 3.05) is 0 Å². The first-order chi connectivity index (χ1) is 9.20. The normalized spacial score (nSPS) is 14.8. The van der Waals surface area contributed by atoms with Crippen LogP contribution in [0.25, 0.3) is 0 Å². The van der Waals surface area contributed by atoms with Gasteiger partial charge in [-0.2, -0.15) is 5.10 Å². The molecule has 2 aromatic rings. The van der Waals surface area contributed by atoms with Gasteiger partial charge in [-0.1, -0.05) is 29.8 Å². The second-order valence-corrected chi connectivity index (χ2v) is 5.58. The molecule has 3 rings (SSSR count). The molecular formula is C16H21N3. The van der Waals surface area contributed by atoms with Crippen molar-refractivity contribution in [1.29, 1.82) is 0 Å². The highest BCUT2D eigenvalue weighted by molar-refractivity contribution is 5.23. The number of benzene rings is 1. The molecule has 0 atom stereocenters. The Morgan fingerprint density at radius 3 is 2.89 bits per heavy atom. The van der Waals surface area contributed by atoms with Gasteiger partial charge in [-0.3, -0.25) is 4.68 Å². The molecule has 1 heterocycles. The molecule has 3 heteroatoms. The van der Waals surface area contributed by atoms with Crippen molar-refractivity contribution in [3.8, 4) is 0 Å². The van der Waals surface area contributed by atoms with Gasteiger partial charge in [0.2, 0.25) is 0 Å². The Labute approximate surface area is 114 Å². The first kappa shape index (κ1) is 12.4. The fraction of sp³-hybridized carbons (Fsp3) is 0.438. The predicted molar refractivity (Wildman–Crippen MR) is 77.1 cm³/mol. The first-order valence-corrected chi connectivity index (χ1v) is 7.02. The summed E-state index contributed by atoms with van der Waals surface area (Å²) < 4.78 is 2.05. The Morgan fingerprint density at radius 1 is 1.32 bits per heavy atom. The molecule has 0 bridgehead atoms. The van der Waals surface area contributed by atoms with Gasteiger partial charge in [0.25, 0.3) is 0 Å². The second kappa shape index (κ2) is 5.17. The molecule has 3 nitrogen and oxygen atoms in total. The van der Waals surface area contributed by atoms with E-state index < -0.39 is 0 Å². The van der Waals surface area contributed by atoms with Crippen molar-refractivity contribution < 1.29 is 0 Å². The highest BCUT2D eigenvalue weighted by Crippen LogP contribution is 2.19. The molecule has 1 saturated carbocycles. The van der Waals surface area contributed by atoms with Gasteiger partial charge in [0.05, 0.1) is 12.2 Å². The van der Waals surface area contributed by atoms with Crippen molar-refractivity contribution in [2.24, 2.45) is 0 Å². The van der Waals surface area contributed by atoms with Gasteiger partial charge < -0.3 is 5.32 Å². The molecule has 0 spiro atoms. The molecule has 0 saturated heterocycles. The Hall–Kier alpha value is -1.61. The summed E-state index contributed by atoms with van der Waals surface area (Å²) in [4.78, 5) is 0. The fourth-order valence-corrected chi connectivity index (χ4v) is 2.35. The van der Waals surface area contributed by atoms with E-state index in [9.17, 15) is 0 Å². The maximum Gasteiger partial charge on any atom is 0.0659 e. The van der Waals surface area contributed by atoms with Crippen LogP contribution in [0.4, 0.5) is 0 Å². The van der Waals surface area contributed by atoms with E-state index in [2.05, 4.69) is 54.7 Å². The van der Waals surface area contributed by atoms with Gasteiger partial charge in [-0.05, 0) is 32.3 Å². The molecule has 0 radical (unpaired) electrons. The third-order valence-electron chi connectivity index (χ3n) is 3.63. The van der Waals surface area contributed by atoms with Crippen molar-refractivity contribution in [3.05, 3.63) is 52.8 Å². The average Bonchev–Trinajstić information content (AvgIpc) is 3.12. The lowest BCUT2D eigenvalue weighted by Crippen LogP contribution is -2.15. The van der Waals surface area contributed by atoms with E-state index in [0.717, 1.165) is 24.8 Å². The lowest BCUT2D eigenvalue weighted by atomic mass is 10.1. The molecule has 0 amide bonds. The molecule has 1 aliphatic carbocycles. The zero-order valence-corrected chi connectivity index (χ0v) is 11.7. The van der Waals surface area contributed by atoms with E-state index in [4.69, 9.17) is 0 Å². The molecule has 1 fully saturated rings. The quantitative estimate of drug-likeness (QED) is 0.890. The molecule has 1 aliphatic rings. The minimum Gasteiger partial charge on any atom is -0.310 e. The minimum absolute atomic E-state index is 0.750. The molecule has 19 heavy (non-hydrogen) atoms. The average molecular weight is 255 g/mol. The molecule has 0 aliphatic heterocycles. The van der Waals surface area contributed by atoms with Gasteiger partial charge in [0.15, 0.2) is 0 Å². The van der Waals surface area contributed by atoms with Crippen molar-refractivity contribution in [1.82, 2.24) is 15.1 Å². The highest BCUT2D eigenvalue weighted by atomic mass is 15.3. The van der Waals surface area contributed by atoms with Crippen molar-refractivity contribution >= 4 is 0 Å². The summed E-state index contributed by atoms with van der Waals surface area (Å²) in [6.45, 7) is 6.02. The summed E-state index contributed by atoms with van der Waals surface area (Å²) in [6, 6.07) is 9.37. The number of hydrogen-bond donors (Lipinski definition) is 1. The van der Waals surface area contributed by atoms with Crippen LogP contribution in [0, 0.1) is 13.8 Å². The lowest BCUT2D eigenvalue weighted by Gasteiger charge is -2.03. The third-order valence-corrected chi connectivity index (χ3v) is 3.63. The van der Waals surface area contributed by atoms with Crippen LogP contribution in [0.3, 0.4) is 0 Å². The predicted octanol–water partition coefficient (Wildman–Crippen LogP) is 2.80. The van der Waals surface area contributed by atoms with E-state index in [0.29, 0.717) is 0 Å². The molecular weight excluding hydrogens is 234 g/mol. The lowest BCUT2D eigenvalue weighted by molar-refractivity contribution is 0.674. The maximum absolute atomic E-state index is 4.61. The summed E-state index contributed by atoms with van der Waals surface area (Å²) in [7, 11) is 0. The largest absolute Gasteiger partial charge is 0.310 e. The van der Waals surface area contributed by atoms with E-state index in [-0.39, 0.29) is 0 Å². The number of aryl methyl sites for hydroxylation is 2. The van der Waals surface area contributed by atoms with Crippen molar-refractivity contribution in [3.63, 3.8) is 0 Å². The topological polar surface area (TPSA) is 29.9 Å². The number of hydrogen-bond acceptors (Lipinski definition) is 2. The zero-order chi connectivity index (χ0) is 13.2. The van der Waals surface area contributed by atoms with Crippen LogP contribution in [-0.2, 0) is 13.1 Å². The van der Waals surface area contributed by atoms with E-state index in [1.54, 1.807) is 0 Å². The minimum atomic E-state index is 0.750. The summed E-state index contributed by atoms with van der Waals surface area (Å²) >= 11 is 0. The van der Waals surface area contributed by atoms with Crippen LogP contribution < -0.4 is 5.32 Å². The van der Waals surface area contributed by atoms with Crippen LogP contribution in [0.1, 0.15) is 35.2 Å². The third kappa shape index (κ3) is 3.24. The maximum atomic E-state index is 4.61. The summed E-state index contributed by atoms with van der Waals surface area (Å²) in [5.74, 6) is 0. The number of rotatable bonds is 5. The molecule has 0 unspecified atom stereocenters. The summed E-state index contributed by atoms with van der Waals surface area (Å²) in [5.41, 5.74) is 5.07. The summed E-state index contributed by atoms with van der Waals surface area (Å²) in [5, 5.41) is 8.16. The van der Waals surface area contributed by atoms with Gasteiger partial charge in [0.1, 0.15) is 0 Å². The summed E-state index contributed by atoms with van der Waals surface area (Å²) in [6.07, 6.45) is 4.83. The van der Waals surface area contributed by atoms with Crippen LogP contribution in [0.5, 0.6) is 0 Å². The smallest absolute Gasteiger partial charge is 0.0659 e. The van der Waals surface area contributed by atoms with Crippen LogP contribution in [-0.4, -0.2) is 15.8 Å². The second-order valence-electron chi connectivity index (χ2n) is 5.58. The monoisotopic (exact) mass is 255 g/mol. The standard InChI is InChI=1S/C16H21N3/c1-12-4-3-5-14(8-12)10-19-11-15(13(2)18-19)9-17-16-6-7-16/h3-5,8,11,16-17H,6-7,9-10H2,1-2H3. The van der Waals surface area contributed by atoms with Crippen LogP contribution in [0.2, 0.25) is 0 Å². The van der Waals surface area contributed by atoms with E-state index in [1.807, 2.05) is 4.68 Å². The number of aromatic nitrogens is 2. The fourth-order valence-electron chi connectivity index (χ4n) is 2.35. The van der Waals surface area contributed by atoms with Crippen LogP contribution in [0.15, 0.2) is 30.5 Å². The Kier molecular flexibility index (Phi) is 3.38. The van der Waals surface area contributed by atoms with Gasteiger partial charge in [-0.15, -0.1) is 0 Å².